The van der Waals surface area contributed by atoms with E-state index in [1.165, 1.54) is 0 Å². The Balaban J connectivity index is 1.38. The van der Waals surface area contributed by atoms with Crippen LogP contribution in [0.5, 0.6) is 0 Å². The maximum atomic E-state index is 11.6. The summed E-state index contributed by atoms with van der Waals surface area (Å²) in [5.41, 5.74) is -0.650. The summed E-state index contributed by atoms with van der Waals surface area (Å²) in [5, 5.41) is 2.08. The highest BCUT2D eigenvalue weighted by Crippen LogP contribution is 2.52. The van der Waals surface area contributed by atoms with Crippen molar-refractivity contribution in [3.8, 4) is 0 Å². The molecule has 0 spiro atoms. The van der Waals surface area contributed by atoms with Crippen LogP contribution in [0.3, 0.4) is 0 Å². The Bertz CT molecular complexity index is 647. The maximum Gasteiger partial charge on any atom is 0.417 e. The van der Waals surface area contributed by atoms with Gasteiger partial charge in [-0.15, -0.1) is 0 Å². The van der Waals surface area contributed by atoms with Crippen LogP contribution in [-0.4, -0.2) is 42.5 Å². The average Bonchev–Trinajstić information content (AvgIpc) is 2.94. The Kier molecular flexibility index (Phi) is 4.90. The lowest BCUT2D eigenvalue weighted by Crippen LogP contribution is -2.37. The van der Waals surface area contributed by atoms with E-state index in [1.54, 1.807) is 27.0 Å². The molecule has 1 aliphatic carbocycles. The molecule has 1 saturated heterocycles. The molecule has 1 aliphatic heterocycles. The maximum absolute atomic E-state index is 11.6. The van der Waals surface area contributed by atoms with Crippen molar-refractivity contribution in [3.63, 3.8) is 0 Å². The first-order valence-corrected chi connectivity index (χ1v) is 9.05. The van der Waals surface area contributed by atoms with E-state index in [-0.39, 0.29) is 0 Å². The number of alkyl carbamates (subject to hydrolysis) is 2. The van der Waals surface area contributed by atoms with Crippen LogP contribution in [-0.2, 0) is 9.47 Å². The molecule has 1 aromatic rings. The van der Waals surface area contributed by atoms with E-state index in [9.17, 15) is 9.59 Å². The molecule has 0 radical (unpaired) electrons. The van der Waals surface area contributed by atoms with Crippen molar-refractivity contribution in [3.05, 3.63) is 22.8 Å². The zero-order valence-corrected chi connectivity index (χ0v) is 16.1. The second kappa shape index (κ2) is 6.82. The smallest absolute Gasteiger partial charge is 0.417 e. The van der Waals surface area contributed by atoms with Gasteiger partial charge in [0.2, 0.25) is 0 Å². The highest BCUT2D eigenvalue weighted by atomic mass is 79.9. The molecule has 2 heterocycles. The largest absolute Gasteiger partial charge is 0.449 e. The minimum atomic E-state index is -0.791. The molecule has 1 unspecified atom stereocenters. The number of hydrogen-bond donors (Lipinski definition) is 1. The zero-order chi connectivity index (χ0) is 18.2. The quantitative estimate of drug-likeness (QED) is 0.822. The highest BCUT2D eigenvalue weighted by Gasteiger charge is 2.56. The summed E-state index contributed by atoms with van der Waals surface area (Å²) in [6.07, 6.45) is 0.243. The molecule has 1 saturated carbocycles. The van der Waals surface area contributed by atoms with Gasteiger partial charge in [0.1, 0.15) is 11.4 Å². The second-order valence-corrected chi connectivity index (χ2v) is 8.37. The number of aromatic nitrogens is 1. The number of imide groups is 1. The summed E-state index contributed by atoms with van der Waals surface area (Å²) in [6.45, 7) is 7.35. The Morgan fingerprint density at radius 3 is 2.52 bits per heavy atom. The predicted molar refractivity (Wildman–Crippen MR) is 95.3 cm³/mol. The lowest BCUT2D eigenvalue weighted by atomic mass is 10.2. The van der Waals surface area contributed by atoms with Crippen molar-refractivity contribution in [1.29, 1.82) is 0 Å². The molecule has 3 atom stereocenters. The van der Waals surface area contributed by atoms with Crippen LogP contribution >= 0.6 is 15.9 Å². The lowest BCUT2D eigenvalue weighted by molar-refractivity contribution is 0.0506. The van der Waals surface area contributed by atoms with Gasteiger partial charge in [-0.05, 0) is 60.7 Å². The number of nitrogens with one attached hydrogen (secondary N) is 1. The molecule has 0 bridgehead atoms. The molecule has 1 N–H and O–H groups in total. The van der Waals surface area contributed by atoms with E-state index in [0.717, 1.165) is 23.4 Å². The summed E-state index contributed by atoms with van der Waals surface area (Å²) in [5.74, 6) is 2.35. The number of carbonyl (C=O) groups excluding carboxylic acids is 2. The third-order valence-electron chi connectivity index (χ3n) is 4.42. The number of rotatable bonds is 3. The van der Waals surface area contributed by atoms with E-state index in [4.69, 9.17) is 9.47 Å². The van der Waals surface area contributed by atoms with Crippen molar-refractivity contribution < 1.29 is 19.1 Å². The summed E-state index contributed by atoms with van der Waals surface area (Å²) in [6, 6.07) is 3.97. The van der Waals surface area contributed by atoms with Crippen molar-refractivity contribution in [1.82, 2.24) is 10.3 Å². The number of hydrogen-bond acceptors (Lipinski definition) is 6. The van der Waals surface area contributed by atoms with Crippen LogP contribution in [0.25, 0.3) is 0 Å². The van der Waals surface area contributed by atoms with Crippen molar-refractivity contribution in [2.24, 2.45) is 17.8 Å². The number of amides is 2. The molecule has 2 aliphatic rings. The molecule has 0 aromatic carbocycles. The third kappa shape index (κ3) is 4.62. The van der Waals surface area contributed by atoms with Gasteiger partial charge in [0, 0.05) is 29.7 Å². The predicted octanol–water partition coefficient (Wildman–Crippen LogP) is 3.19. The molecule has 1 aromatic heterocycles. The van der Waals surface area contributed by atoms with Gasteiger partial charge in [0.15, 0.2) is 0 Å². The number of ether oxygens (including phenoxy) is 2. The molecular formula is C17H22BrN3O4. The fraction of sp³-hybridized carbons (Fsp3) is 0.588. The molecule has 3 rings (SSSR count). The van der Waals surface area contributed by atoms with Crippen LogP contribution < -0.4 is 10.2 Å². The Morgan fingerprint density at radius 2 is 1.96 bits per heavy atom. The molecule has 136 valence electrons. The number of carbonyl (C=O) groups is 2. The number of pyridine rings is 1. The molecule has 2 amide bonds. The van der Waals surface area contributed by atoms with Crippen molar-refractivity contribution in [2.45, 2.75) is 26.4 Å². The first-order valence-electron chi connectivity index (χ1n) is 8.26. The molecule has 2 fully saturated rings. The summed E-state index contributed by atoms with van der Waals surface area (Å²) < 4.78 is 11.1. The average molecular weight is 412 g/mol. The summed E-state index contributed by atoms with van der Waals surface area (Å²) >= 11 is 3.38. The summed E-state index contributed by atoms with van der Waals surface area (Å²) in [7, 11) is 0. The lowest BCUT2D eigenvalue weighted by Gasteiger charge is -2.21. The van der Waals surface area contributed by atoms with Gasteiger partial charge in [-0.1, -0.05) is 0 Å². The monoisotopic (exact) mass is 411 g/mol. The van der Waals surface area contributed by atoms with Crippen LogP contribution in [0.2, 0.25) is 0 Å². The number of halogens is 1. The van der Waals surface area contributed by atoms with Gasteiger partial charge < -0.3 is 14.4 Å². The van der Waals surface area contributed by atoms with E-state index in [2.05, 4.69) is 31.1 Å². The fourth-order valence-corrected chi connectivity index (χ4v) is 3.47. The van der Waals surface area contributed by atoms with Gasteiger partial charge >= 0.3 is 12.2 Å². The molecule has 7 nitrogen and oxygen atoms in total. The van der Waals surface area contributed by atoms with Gasteiger partial charge in [0.05, 0.1) is 6.61 Å². The first kappa shape index (κ1) is 18.0. The minimum Gasteiger partial charge on any atom is -0.449 e. The Hall–Kier alpha value is -1.83. The van der Waals surface area contributed by atoms with Crippen molar-refractivity contribution >= 4 is 33.9 Å². The van der Waals surface area contributed by atoms with Gasteiger partial charge in [-0.25, -0.2) is 19.9 Å². The number of anilines is 1. The molecular weight excluding hydrogens is 390 g/mol. The Labute approximate surface area is 155 Å². The number of nitrogens with zero attached hydrogens (tertiary/aromatic N) is 2. The van der Waals surface area contributed by atoms with Gasteiger partial charge in [-0.2, -0.15) is 0 Å². The standard InChI is InChI=1S/C17H22BrN3O4/c1-17(2,3)25-16(23)20-15(22)24-9-13-11-7-21(8-12(11)13)14-5-4-10(18)6-19-14/h4-6,11-13H,7-9H2,1-3H3,(H,20,22,23)/t11-,12+,13?. The van der Waals surface area contributed by atoms with Crippen LogP contribution in [0.4, 0.5) is 15.4 Å². The first-order chi connectivity index (χ1) is 11.7. The second-order valence-electron chi connectivity index (χ2n) is 7.46. The van der Waals surface area contributed by atoms with Gasteiger partial charge in [0.25, 0.3) is 0 Å². The van der Waals surface area contributed by atoms with Crippen molar-refractivity contribution in [2.75, 3.05) is 24.6 Å². The van der Waals surface area contributed by atoms with Crippen LogP contribution in [0.1, 0.15) is 20.8 Å². The SMILES string of the molecule is CC(C)(C)OC(=O)NC(=O)OCC1[C@H]2CN(c3ccc(Br)cn3)C[C@@H]12. The number of piperidine rings is 1. The van der Waals surface area contributed by atoms with E-state index < -0.39 is 17.8 Å². The van der Waals surface area contributed by atoms with E-state index in [1.807, 2.05) is 12.1 Å². The zero-order valence-electron chi connectivity index (χ0n) is 14.5. The van der Waals surface area contributed by atoms with Crippen LogP contribution in [0, 0.1) is 17.8 Å². The van der Waals surface area contributed by atoms with E-state index in [0.29, 0.717) is 24.4 Å². The topological polar surface area (TPSA) is 80.8 Å². The number of fused-ring (bicyclic) bond motifs is 1. The normalized spacial score (nSPS) is 24.5. The fourth-order valence-electron chi connectivity index (χ4n) is 3.23. The van der Waals surface area contributed by atoms with Crippen LogP contribution in [0.15, 0.2) is 22.8 Å². The van der Waals surface area contributed by atoms with E-state index >= 15 is 0 Å². The Morgan fingerprint density at radius 1 is 1.28 bits per heavy atom. The molecule has 8 heteroatoms. The molecule has 25 heavy (non-hydrogen) atoms. The minimum absolute atomic E-state index is 0.325. The summed E-state index contributed by atoms with van der Waals surface area (Å²) in [4.78, 5) is 29.8. The van der Waals surface area contributed by atoms with Gasteiger partial charge in [-0.3, -0.25) is 0 Å². The highest BCUT2D eigenvalue weighted by molar-refractivity contribution is 9.10. The third-order valence-corrected chi connectivity index (χ3v) is 4.89.